The number of hydrogen-bond acceptors (Lipinski definition) is 3. The lowest BCUT2D eigenvalue weighted by atomic mass is 9.90. The standard InChI is InChI=1S/C15H18O3/c1-2-3-4-5-8-12-11-15(14(17)13(12)16)9-6-7-10-18-15/h8,13-14,16-17H,6-7,9-11H2,1H3/b12-8-/t13-,14+,15-/m1/s1. The molecule has 3 nitrogen and oxygen atoms in total. The molecule has 2 aliphatic rings. The van der Waals surface area contributed by atoms with E-state index in [0.29, 0.717) is 13.0 Å². The van der Waals surface area contributed by atoms with E-state index in [1.807, 2.05) is 0 Å². The third-order valence-electron chi connectivity index (χ3n) is 3.62. The molecule has 0 aromatic carbocycles. The molecular formula is C15H18O3. The van der Waals surface area contributed by atoms with E-state index in [2.05, 4.69) is 23.7 Å². The lowest BCUT2D eigenvalue weighted by Gasteiger charge is -2.36. The Morgan fingerprint density at radius 2 is 2.17 bits per heavy atom. The van der Waals surface area contributed by atoms with Crippen LogP contribution in [-0.4, -0.2) is 34.6 Å². The van der Waals surface area contributed by atoms with Gasteiger partial charge in [-0.25, -0.2) is 0 Å². The van der Waals surface area contributed by atoms with Crippen molar-refractivity contribution in [2.75, 3.05) is 6.61 Å². The number of hydrogen-bond donors (Lipinski definition) is 2. The summed E-state index contributed by atoms with van der Waals surface area (Å²) in [4.78, 5) is 0. The molecule has 2 rings (SSSR count). The number of aliphatic hydroxyl groups is 2. The van der Waals surface area contributed by atoms with Crippen molar-refractivity contribution >= 4 is 0 Å². The SMILES string of the molecule is CC#CC#C/C=C1/C[C@]2(CCCCO2)[C@@H](O)[C@@H]1O. The molecule has 1 spiro atoms. The van der Waals surface area contributed by atoms with Crippen molar-refractivity contribution in [2.45, 2.75) is 50.4 Å². The second kappa shape index (κ2) is 5.59. The first-order valence-electron chi connectivity index (χ1n) is 6.31. The molecule has 1 aliphatic heterocycles. The topological polar surface area (TPSA) is 49.7 Å². The highest BCUT2D eigenvalue weighted by atomic mass is 16.5. The Morgan fingerprint density at radius 1 is 1.33 bits per heavy atom. The van der Waals surface area contributed by atoms with Gasteiger partial charge >= 0.3 is 0 Å². The van der Waals surface area contributed by atoms with Crippen molar-refractivity contribution < 1.29 is 14.9 Å². The van der Waals surface area contributed by atoms with Gasteiger partial charge in [0.05, 0.1) is 0 Å². The van der Waals surface area contributed by atoms with Crippen LogP contribution in [-0.2, 0) is 4.74 Å². The summed E-state index contributed by atoms with van der Waals surface area (Å²) in [7, 11) is 0. The van der Waals surface area contributed by atoms with E-state index in [1.54, 1.807) is 13.0 Å². The summed E-state index contributed by atoms with van der Waals surface area (Å²) in [5, 5.41) is 20.2. The van der Waals surface area contributed by atoms with Crippen LogP contribution in [0, 0.1) is 23.7 Å². The smallest absolute Gasteiger partial charge is 0.113 e. The highest BCUT2D eigenvalue weighted by Crippen LogP contribution is 2.43. The Balaban J connectivity index is 2.16. The van der Waals surface area contributed by atoms with E-state index in [4.69, 9.17) is 4.74 Å². The molecule has 1 heterocycles. The number of aliphatic hydroxyl groups excluding tert-OH is 2. The second-order valence-corrected chi connectivity index (χ2v) is 4.80. The maximum Gasteiger partial charge on any atom is 0.113 e. The molecule has 1 aliphatic carbocycles. The van der Waals surface area contributed by atoms with Gasteiger partial charge in [-0.05, 0) is 49.7 Å². The van der Waals surface area contributed by atoms with E-state index in [1.165, 1.54) is 0 Å². The molecule has 0 amide bonds. The maximum atomic E-state index is 10.2. The third kappa shape index (κ3) is 2.44. The van der Waals surface area contributed by atoms with Crippen LogP contribution in [0.1, 0.15) is 32.6 Å². The highest BCUT2D eigenvalue weighted by Gasteiger charge is 2.51. The monoisotopic (exact) mass is 246 g/mol. The van der Waals surface area contributed by atoms with Gasteiger partial charge < -0.3 is 14.9 Å². The highest BCUT2D eigenvalue weighted by molar-refractivity contribution is 5.36. The summed E-state index contributed by atoms with van der Waals surface area (Å²) in [6, 6.07) is 0. The van der Waals surface area contributed by atoms with Crippen molar-refractivity contribution in [3.8, 4) is 23.7 Å². The van der Waals surface area contributed by atoms with Gasteiger partial charge in [0.25, 0.3) is 0 Å². The van der Waals surface area contributed by atoms with Crippen LogP contribution in [0.4, 0.5) is 0 Å². The van der Waals surface area contributed by atoms with Crippen molar-refractivity contribution in [3.05, 3.63) is 11.6 Å². The minimum atomic E-state index is -0.869. The van der Waals surface area contributed by atoms with Crippen LogP contribution in [0.2, 0.25) is 0 Å². The van der Waals surface area contributed by atoms with Gasteiger partial charge in [0.2, 0.25) is 0 Å². The average Bonchev–Trinajstić information content (AvgIpc) is 2.61. The largest absolute Gasteiger partial charge is 0.387 e. The zero-order valence-corrected chi connectivity index (χ0v) is 10.6. The normalized spacial score (nSPS) is 36.9. The van der Waals surface area contributed by atoms with Crippen molar-refractivity contribution in [3.63, 3.8) is 0 Å². The summed E-state index contributed by atoms with van der Waals surface area (Å²) in [5.41, 5.74) is 0.150. The lowest BCUT2D eigenvalue weighted by molar-refractivity contribution is -0.148. The van der Waals surface area contributed by atoms with E-state index < -0.39 is 17.8 Å². The van der Waals surface area contributed by atoms with Crippen molar-refractivity contribution in [1.82, 2.24) is 0 Å². The zero-order valence-electron chi connectivity index (χ0n) is 10.6. The molecule has 0 bridgehead atoms. The zero-order chi connectivity index (χ0) is 13.0. The fourth-order valence-electron chi connectivity index (χ4n) is 2.66. The first-order valence-corrected chi connectivity index (χ1v) is 6.31. The van der Waals surface area contributed by atoms with E-state index >= 15 is 0 Å². The molecule has 3 heteroatoms. The van der Waals surface area contributed by atoms with Gasteiger partial charge in [0, 0.05) is 13.0 Å². The predicted octanol–water partition coefficient (Wildman–Crippen LogP) is 1.00. The molecule has 1 saturated heterocycles. The van der Waals surface area contributed by atoms with Crippen LogP contribution in [0.25, 0.3) is 0 Å². The van der Waals surface area contributed by atoms with E-state index in [9.17, 15) is 10.2 Å². The second-order valence-electron chi connectivity index (χ2n) is 4.80. The number of allylic oxidation sites excluding steroid dienone is 1. The predicted molar refractivity (Wildman–Crippen MR) is 68.5 cm³/mol. The van der Waals surface area contributed by atoms with Crippen molar-refractivity contribution in [1.29, 1.82) is 0 Å². The Kier molecular flexibility index (Phi) is 4.09. The Labute approximate surface area is 108 Å². The van der Waals surface area contributed by atoms with Crippen LogP contribution >= 0.6 is 0 Å². The van der Waals surface area contributed by atoms with Gasteiger partial charge in [-0.1, -0.05) is 11.8 Å². The quantitative estimate of drug-likeness (QED) is 0.627. The molecule has 0 aromatic heterocycles. The van der Waals surface area contributed by atoms with Crippen molar-refractivity contribution in [2.24, 2.45) is 0 Å². The molecule has 18 heavy (non-hydrogen) atoms. The van der Waals surface area contributed by atoms with Gasteiger partial charge in [-0.2, -0.15) is 0 Å². The Hall–Kier alpha value is -1.26. The molecule has 0 unspecified atom stereocenters. The van der Waals surface area contributed by atoms with Gasteiger partial charge in [0.15, 0.2) is 0 Å². The molecular weight excluding hydrogens is 228 g/mol. The van der Waals surface area contributed by atoms with E-state index in [-0.39, 0.29) is 0 Å². The molecule has 3 atom stereocenters. The van der Waals surface area contributed by atoms with Gasteiger partial charge in [0.1, 0.15) is 17.8 Å². The molecule has 1 saturated carbocycles. The molecule has 0 aromatic rings. The first-order chi connectivity index (χ1) is 8.69. The van der Waals surface area contributed by atoms with Crippen LogP contribution in [0.15, 0.2) is 11.6 Å². The Bertz CT molecular complexity index is 450. The molecule has 2 fully saturated rings. The van der Waals surface area contributed by atoms with Gasteiger partial charge in [-0.3, -0.25) is 0 Å². The fraction of sp³-hybridized carbons (Fsp3) is 0.600. The Morgan fingerprint density at radius 3 is 2.83 bits per heavy atom. The summed E-state index contributed by atoms with van der Waals surface area (Å²) in [6.07, 6.45) is 3.36. The van der Waals surface area contributed by atoms with Crippen LogP contribution in [0.3, 0.4) is 0 Å². The lowest BCUT2D eigenvalue weighted by Crippen LogP contribution is -2.46. The summed E-state index contributed by atoms with van der Waals surface area (Å²) in [5.74, 6) is 10.8. The minimum Gasteiger partial charge on any atom is -0.387 e. The third-order valence-corrected chi connectivity index (χ3v) is 3.62. The average molecular weight is 246 g/mol. The van der Waals surface area contributed by atoms with Crippen LogP contribution < -0.4 is 0 Å². The number of ether oxygens (including phenoxy) is 1. The molecule has 2 N–H and O–H groups in total. The number of rotatable bonds is 0. The minimum absolute atomic E-state index is 0.559. The molecule has 96 valence electrons. The summed E-state index contributed by atoms with van der Waals surface area (Å²) >= 11 is 0. The maximum absolute atomic E-state index is 10.2. The first kappa shape index (κ1) is 13.2. The fourth-order valence-corrected chi connectivity index (χ4v) is 2.66. The molecule has 0 radical (unpaired) electrons. The summed E-state index contributed by atoms with van der Waals surface area (Å²) in [6.45, 7) is 2.38. The van der Waals surface area contributed by atoms with Gasteiger partial charge in [-0.15, -0.1) is 0 Å². The summed E-state index contributed by atoms with van der Waals surface area (Å²) < 4.78 is 5.74. The van der Waals surface area contributed by atoms with Crippen LogP contribution in [0.5, 0.6) is 0 Å². The van der Waals surface area contributed by atoms with E-state index in [0.717, 1.165) is 24.8 Å².